The number of amides is 3. The molecule has 0 atom stereocenters. The number of nitrogens with zero attached hydrogens (tertiary/aromatic N) is 3. The lowest BCUT2D eigenvalue weighted by Crippen LogP contribution is -2.39. The number of anilines is 1. The molecule has 0 spiro atoms. The Morgan fingerprint density at radius 1 is 0.909 bits per heavy atom. The highest BCUT2D eigenvalue weighted by Crippen LogP contribution is 2.23. The Bertz CT molecular complexity index is 1100. The Labute approximate surface area is 196 Å². The second-order valence-corrected chi connectivity index (χ2v) is 8.91. The van der Waals surface area contributed by atoms with E-state index >= 15 is 0 Å². The predicted octanol–water partition coefficient (Wildman–Crippen LogP) is 3.35. The summed E-state index contributed by atoms with van der Waals surface area (Å²) in [7, 11) is 0. The van der Waals surface area contributed by atoms with Gasteiger partial charge in [0, 0.05) is 31.7 Å². The van der Waals surface area contributed by atoms with Crippen molar-refractivity contribution in [2.45, 2.75) is 25.8 Å². The van der Waals surface area contributed by atoms with Gasteiger partial charge in [-0.05, 0) is 36.5 Å². The van der Waals surface area contributed by atoms with Gasteiger partial charge in [0.15, 0.2) is 0 Å². The van der Waals surface area contributed by atoms with Crippen LogP contribution in [0.2, 0.25) is 0 Å². The lowest BCUT2D eigenvalue weighted by atomic mass is 9.93. The number of nitrogens with one attached hydrogen (secondary N) is 2. The maximum atomic E-state index is 12.8. The highest BCUT2D eigenvalue weighted by atomic mass is 32.1. The first-order valence-corrected chi connectivity index (χ1v) is 11.7. The molecule has 1 saturated heterocycles. The molecule has 33 heavy (non-hydrogen) atoms. The van der Waals surface area contributed by atoms with Gasteiger partial charge < -0.3 is 15.5 Å². The van der Waals surface area contributed by atoms with Crippen LogP contribution in [0.25, 0.3) is 0 Å². The average Bonchev–Trinajstić information content (AvgIpc) is 3.35. The summed E-state index contributed by atoms with van der Waals surface area (Å²) >= 11 is 0.988. The fourth-order valence-corrected chi connectivity index (χ4v) is 4.42. The van der Waals surface area contributed by atoms with Crippen LogP contribution in [0.15, 0.2) is 60.7 Å². The second kappa shape index (κ2) is 10.8. The van der Waals surface area contributed by atoms with Crippen LogP contribution < -0.4 is 10.6 Å². The Balaban J connectivity index is 1.23. The standard InChI is InChI=1S/C24H25N5O3S/c30-20(25-16-18-7-3-1-4-8-18)15-17-11-13-29(14-12-17)24(32)23-28-27-22(33-23)21(31)26-19-9-5-2-6-10-19/h1-10,17H,11-16H2,(H,25,30)(H,26,31). The molecule has 1 aliphatic heterocycles. The quantitative estimate of drug-likeness (QED) is 0.559. The van der Waals surface area contributed by atoms with Gasteiger partial charge in [-0.2, -0.15) is 0 Å². The Morgan fingerprint density at radius 2 is 1.55 bits per heavy atom. The average molecular weight is 464 g/mol. The van der Waals surface area contributed by atoms with Crippen LogP contribution in [0.5, 0.6) is 0 Å². The number of hydrogen-bond acceptors (Lipinski definition) is 6. The highest BCUT2D eigenvalue weighted by Gasteiger charge is 2.27. The molecule has 170 valence electrons. The molecule has 3 aromatic rings. The Morgan fingerprint density at radius 3 is 2.24 bits per heavy atom. The molecule has 1 aliphatic rings. The van der Waals surface area contributed by atoms with E-state index in [1.165, 1.54) is 0 Å². The molecule has 0 radical (unpaired) electrons. The number of piperidine rings is 1. The van der Waals surface area contributed by atoms with Crippen molar-refractivity contribution in [1.29, 1.82) is 0 Å². The van der Waals surface area contributed by atoms with E-state index in [9.17, 15) is 14.4 Å². The van der Waals surface area contributed by atoms with E-state index in [1.807, 2.05) is 48.5 Å². The first-order chi connectivity index (χ1) is 16.1. The number of hydrogen-bond donors (Lipinski definition) is 2. The molecule has 0 aliphatic carbocycles. The normalized spacial score (nSPS) is 14.0. The van der Waals surface area contributed by atoms with Crippen LogP contribution >= 0.6 is 11.3 Å². The van der Waals surface area contributed by atoms with Crippen molar-refractivity contribution in [3.8, 4) is 0 Å². The minimum atomic E-state index is -0.391. The molecular weight excluding hydrogens is 438 g/mol. The molecule has 9 heteroatoms. The molecule has 3 amide bonds. The second-order valence-electron chi connectivity index (χ2n) is 7.93. The summed E-state index contributed by atoms with van der Waals surface area (Å²) in [5.41, 5.74) is 1.72. The topological polar surface area (TPSA) is 104 Å². The number of para-hydroxylation sites is 1. The van der Waals surface area contributed by atoms with Crippen LogP contribution in [0, 0.1) is 5.92 Å². The van der Waals surface area contributed by atoms with E-state index in [2.05, 4.69) is 20.8 Å². The number of carbonyl (C=O) groups excluding carboxylic acids is 3. The van der Waals surface area contributed by atoms with Gasteiger partial charge >= 0.3 is 0 Å². The first kappa shape index (κ1) is 22.6. The van der Waals surface area contributed by atoms with Crippen molar-refractivity contribution in [3.05, 3.63) is 76.2 Å². The summed E-state index contributed by atoms with van der Waals surface area (Å²) in [6.07, 6.45) is 1.97. The molecule has 0 bridgehead atoms. The lowest BCUT2D eigenvalue weighted by Gasteiger charge is -2.31. The zero-order chi connectivity index (χ0) is 23.0. The minimum absolute atomic E-state index is 0.0295. The van der Waals surface area contributed by atoms with Crippen molar-refractivity contribution in [3.63, 3.8) is 0 Å². The third kappa shape index (κ3) is 6.23. The molecule has 0 unspecified atom stereocenters. The number of benzene rings is 2. The number of aromatic nitrogens is 2. The van der Waals surface area contributed by atoms with Crippen LogP contribution in [-0.4, -0.2) is 45.9 Å². The summed E-state index contributed by atoms with van der Waals surface area (Å²) in [5.74, 6) is -0.343. The largest absolute Gasteiger partial charge is 0.352 e. The molecule has 1 fully saturated rings. The van der Waals surface area contributed by atoms with Crippen molar-refractivity contribution in [1.82, 2.24) is 20.4 Å². The van der Waals surface area contributed by atoms with Crippen molar-refractivity contribution in [2.24, 2.45) is 5.92 Å². The first-order valence-electron chi connectivity index (χ1n) is 10.9. The molecule has 2 heterocycles. The van der Waals surface area contributed by atoms with Crippen LogP contribution in [0.1, 0.15) is 44.4 Å². The Kier molecular flexibility index (Phi) is 7.41. The zero-order valence-corrected chi connectivity index (χ0v) is 18.9. The molecule has 1 aromatic heterocycles. The van der Waals surface area contributed by atoms with Gasteiger partial charge in [-0.15, -0.1) is 10.2 Å². The fourth-order valence-electron chi connectivity index (χ4n) is 3.71. The molecule has 0 saturated carbocycles. The number of likely N-dealkylation sites (tertiary alicyclic amines) is 1. The SMILES string of the molecule is O=C(CC1CCN(C(=O)c2nnc(C(=O)Nc3ccccc3)s2)CC1)NCc1ccccc1. The van der Waals surface area contributed by atoms with E-state index < -0.39 is 5.91 Å². The van der Waals surface area contributed by atoms with Crippen LogP contribution in [0.3, 0.4) is 0 Å². The van der Waals surface area contributed by atoms with E-state index in [4.69, 9.17) is 0 Å². The summed E-state index contributed by atoms with van der Waals surface area (Å²) in [6.45, 7) is 1.63. The molecule has 4 rings (SSSR count). The van der Waals surface area contributed by atoms with Gasteiger partial charge in [-0.3, -0.25) is 14.4 Å². The summed E-state index contributed by atoms with van der Waals surface area (Å²) in [6, 6.07) is 18.9. The Hall–Kier alpha value is -3.59. The van der Waals surface area contributed by atoms with E-state index in [1.54, 1.807) is 17.0 Å². The van der Waals surface area contributed by atoms with Gasteiger partial charge in [-0.1, -0.05) is 59.9 Å². The predicted molar refractivity (Wildman–Crippen MR) is 126 cm³/mol. The number of rotatable bonds is 7. The third-order valence-electron chi connectivity index (χ3n) is 5.54. The molecular formula is C24H25N5O3S. The van der Waals surface area contributed by atoms with E-state index in [0.29, 0.717) is 31.7 Å². The molecule has 2 N–H and O–H groups in total. The third-order valence-corrected chi connectivity index (χ3v) is 6.45. The van der Waals surface area contributed by atoms with E-state index in [-0.39, 0.29) is 27.7 Å². The van der Waals surface area contributed by atoms with Crippen molar-refractivity contribution in [2.75, 3.05) is 18.4 Å². The monoisotopic (exact) mass is 463 g/mol. The summed E-state index contributed by atoms with van der Waals surface area (Å²) < 4.78 is 0. The van der Waals surface area contributed by atoms with Gasteiger partial charge in [0.05, 0.1) is 0 Å². The zero-order valence-electron chi connectivity index (χ0n) is 18.1. The van der Waals surface area contributed by atoms with Crippen molar-refractivity contribution >= 4 is 34.7 Å². The van der Waals surface area contributed by atoms with Gasteiger partial charge in [-0.25, -0.2) is 0 Å². The fraction of sp³-hybridized carbons (Fsp3) is 0.292. The maximum Gasteiger partial charge on any atom is 0.286 e. The van der Waals surface area contributed by atoms with Gasteiger partial charge in [0.2, 0.25) is 15.9 Å². The maximum absolute atomic E-state index is 12.8. The van der Waals surface area contributed by atoms with Crippen LogP contribution in [-0.2, 0) is 11.3 Å². The van der Waals surface area contributed by atoms with Crippen LogP contribution in [0.4, 0.5) is 5.69 Å². The summed E-state index contributed by atoms with van der Waals surface area (Å²) in [4.78, 5) is 39.1. The smallest absolute Gasteiger partial charge is 0.286 e. The van der Waals surface area contributed by atoms with Gasteiger partial charge in [0.25, 0.3) is 11.8 Å². The van der Waals surface area contributed by atoms with Gasteiger partial charge in [0.1, 0.15) is 0 Å². The number of carbonyl (C=O) groups is 3. The lowest BCUT2D eigenvalue weighted by molar-refractivity contribution is -0.122. The van der Waals surface area contributed by atoms with E-state index in [0.717, 1.165) is 29.7 Å². The molecule has 2 aromatic carbocycles. The van der Waals surface area contributed by atoms with Crippen molar-refractivity contribution < 1.29 is 14.4 Å². The summed E-state index contributed by atoms with van der Waals surface area (Å²) in [5, 5.41) is 13.9. The highest BCUT2D eigenvalue weighted by molar-refractivity contribution is 7.15. The molecule has 8 nitrogen and oxygen atoms in total. The minimum Gasteiger partial charge on any atom is -0.352 e.